The van der Waals surface area contributed by atoms with E-state index in [4.69, 9.17) is 15.9 Å². The van der Waals surface area contributed by atoms with E-state index in [0.29, 0.717) is 0 Å². The molecule has 0 spiro atoms. The average molecular weight is 215 g/mol. The monoisotopic (exact) mass is 215 g/mol. The van der Waals surface area contributed by atoms with Crippen LogP contribution in [0.1, 0.15) is 19.8 Å². The van der Waals surface area contributed by atoms with Crippen LogP contribution in [0.4, 0.5) is 0 Å². The van der Waals surface area contributed by atoms with Gasteiger partial charge in [-0.1, -0.05) is 6.92 Å². The Morgan fingerprint density at radius 3 is 2.13 bits per heavy atom. The highest BCUT2D eigenvalue weighted by Crippen LogP contribution is 2.61. The second-order valence-corrected chi connectivity index (χ2v) is 3.90. The number of carbonyl (C=O) groups is 3. The van der Waals surface area contributed by atoms with Gasteiger partial charge in [0, 0.05) is 6.42 Å². The molecule has 4 N–H and O–H groups in total. The number of carboxylic acids is 2. The molecule has 0 aromatic heterocycles. The molecule has 1 fully saturated rings. The van der Waals surface area contributed by atoms with E-state index in [2.05, 4.69) is 0 Å². The van der Waals surface area contributed by atoms with Crippen LogP contribution in [0.25, 0.3) is 0 Å². The fourth-order valence-corrected chi connectivity index (χ4v) is 2.26. The van der Waals surface area contributed by atoms with Crippen LogP contribution < -0.4 is 5.73 Å². The fraction of sp³-hybridized carbons (Fsp3) is 0.667. The Labute approximate surface area is 86.1 Å². The van der Waals surface area contributed by atoms with Crippen LogP contribution in [-0.2, 0) is 14.4 Å². The van der Waals surface area contributed by atoms with E-state index in [9.17, 15) is 14.4 Å². The van der Waals surface area contributed by atoms with Gasteiger partial charge in [-0.05, 0) is 12.3 Å². The molecule has 1 amide bonds. The van der Waals surface area contributed by atoms with Gasteiger partial charge in [-0.15, -0.1) is 0 Å². The Balaban J connectivity index is 2.80. The van der Waals surface area contributed by atoms with Gasteiger partial charge < -0.3 is 15.9 Å². The van der Waals surface area contributed by atoms with Crippen molar-refractivity contribution in [2.75, 3.05) is 0 Å². The summed E-state index contributed by atoms with van der Waals surface area (Å²) in [5.74, 6) is -4.09. The lowest BCUT2D eigenvalue weighted by atomic mass is 9.94. The van der Waals surface area contributed by atoms with Crippen molar-refractivity contribution in [2.24, 2.45) is 23.0 Å². The van der Waals surface area contributed by atoms with E-state index in [1.165, 1.54) is 0 Å². The lowest BCUT2D eigenvalue weighted by Gasteiger charge is -2.10. The van der Waals surface area contributed by atoms with Crippen molar-refractivity contribution in [1.82, 2.24) is 0 Å². The minimum Gasteiger partial charge on any atom is -0.481 e. The van der Waals surface area contributed by atoms with Crippen molar-refractivity contribution in [3.05, 3.63) is 0 Å². The summed E-state index contributed by atoms with van der Waals surface area (Å²) in [6.45, 7) is 1.60. The molecule has 0 aliphatic heterocycles. The van der Waals surface area contributed by atoms with Gasteiger partial charge in [0.25, 0.3) is 0 Å². The highest BCUT2D eigenvalue weighted by atomic mass is 16.4. The molecule has 1 aliphatic rings. The van der Waals surface area contributed by atoms with Crippen LogP contribution in [0.2, 0.25) is 0 Å². The summed E-state index contributed by atoms with van der Waals surface area (Å²) < 4.78 is 0. The minimum atomic E-state index is -1.16. The minimum absolute atomic E-state index is 0.00417. The van der Waals surface area contributed by atoms with Crippen molar-refractivity contribution in [3.8, 4) is 0 Å². The van der Waals surface area contributed by atoms with Crippen LogP contribution in [0.5, 0.6) is 0 Å². The number of hydrogen-bond acceptors (Lipinski definition) is 3. The number of carboxylic acid groups (broad SMARTS) is 2. The van der Waals surface area contributed by atoms with Gasteiger partial charge in [-0.25, -0.2) is 0 Å². The molecular formula is C9H13NO5. The van der Waals surface area contributed by atoms with E-state index in [-0.39, 0.29) is 18.8 Å². The number of nitrogens with two attached hydrogens (primary N) is 1. The Morgan fingerprint density at radius 1 is 1.33 bits per heavy atom. The molecule has 6 nitrogen and oxygen atoms in total. The van der Waals surface area contributed by atoms with E-state index in [0.717, 1.165) is 0 Å². The third-order valence-corrected chi connectivity index (χ3v) is 3.24. The SMILES string of the molecule is CC1C(C(=O)O)C1(CCC(=O)O)C(N)=O. The molecule has 0 saturated heterocycles. The van der Waals surface area contributed by atoms with Crippen LogP contribution in [-0.4, -0.2) is 28.1 Å². The van der Waals surface area contributed by atoms with Gasteiger partial charge in [0.1, 0.15) is 0 Å². The lowest BCUT2D eigenvalue weighted by molar-refractivity contribution is -0.143. The highest BCUT2D eigenvalue weighted by Gasteiger charge is 2.69. The molecular weight excluding hydrogens is 202 g/mol. The van der Waals surface area contributed by atoms with Crippen LogP contribution in [0, 0.1) is 17.3 Å². The summed E-state index contributed by atoms with van der Waals surface area (Å²) in [7, 11) is 0. The molecule has 1 rings (SSSR count). The molecule has 0 aromatic rings. The lowest BCUT2D eigenvalue weighted by Crippen LogP contribution is -2.29. The Hall–Kier alpha value is -1.59. The third-order valence-electron chi connectivity index (χ3n) is 3.24. The number of carbonyl (C=O) groups excluding carboxylic acids is 1. The van der Waals surface area contributed by atoms with Gasteiger partial charge in [0.05, 0.1) is 11.3 Å². The maximum Gasteiger partial charge on any atom is 0.307 e. The highest BCUT2D eigenvalue weighted by molar-refractivity contribution is 5.93. The molecule has 15 heavy (non-hydrogen) atoms. The van der Waals surface area contributed by atoms with Gasteiger partial charge >= 0.3 is 11.9 Å². The predicted molar refractivity (Wildman–Crippen MR) is 48.8 cm³/mol. The van der Waals surface area contributed by atoms with Crippen molar-refractivity contribution in [3.63, 3.8) is 0 Å². The zero-order valence-corrected chi connectivity index (χ0v) is 8.27. The van der Waals surface area contributed by atoms with Gasteiger partial charge in [-0.3, -0.25) is 14.4 Å². The first kappa shape index (κ1) is 11.5. The summed E-state index contributed by atoms with van der Waals surface area (Å²) in [6.07, 6.45) is -0.243. The second-order valence-electron chi connectivity index (χ2n) is 3.90. The van der Waals surface area contributed by atoms with Crippen molar-refractivity contribution < 1.29 is 24.6 Å². The Bertz CT molecular complexity index is 326. The first-order valence-electron chi connectivity index (χ1n) is 4.58. The standard InChI is InChI=1S/C9H13NO5/c1-4-6(7(13)14)9(4,8(10)15)3-2-5(11)12/h4,6H,2-3H2,1H3,(H2,10,15)(H,11,12)(H,13,14). The third kappa shape index (κ3) is 1.67. The largest absolute Gasteiger partial charge is 0.481 e. The number of rotatable bonds is 5. The zero-order chi connectivity index (χ0) is 11.8. The zero-order valence-electron chi connectivity index (χ0n) is 8.27. The van der Waals surface area contributed by atoms with Crippen LogP contribution in [0.3, 0.4) is 0 Å². The van der Waals surface area contributed by atoms with Gasteiger partial charge in [-0.2, -0.15) is 0 Å². The Morgan fingerprint density at radius 2 is 1.87 bits per heavy atom. The molecule has 84 valence electrons. The predicted octanol–water partition coefficient (Wildman–Crippen LogP) is -0.327. The Kier molecular flexibility index (Phi) is 2.70. The van der Waals surface area contributed by atoms with E-state index >= 15 is 0 Å². The molecule has 6 heteroatoms. The van der Waals surface area contributed by atoms with Crippen molar-refractivity contribution in [1.29, 1.82) is 0 Å². The first-order valence-corrected chi connectivity index (χ1v) is 4.58. The molecule has 3 atom stereocenters. The van der Waals surface area contributed by atoms with E-state index < -0.39 is 29.2 Å². The smallest absolute Gasteiger partial charge is 0.307 e. The fourth-order valence-electron chi connectivity index (χ4n) is 2.26. The van der Waals surface area contributed by atoms with E-state index in [1.807, 2.05) is 0 Å². The summed E-state index contributed by atoms with van der Waals surface area (Å²) in [5, 5.41) is 17.3. The van der Waals surface area contributed by atoms with Gasteiger partial charge in [0.2, 0.25) is 5.91 Å². The second kappa shape index (κ2) is 3.52. The van der Waals surface area contributed by atoms with Gasteiger partial charge in [0.15, 0.2) is 0 Å². The molecule has 1 saturated carbocycles. The summed E-state index contributed by atoms with van der Waals surface area (Å²) in [6, 6.07) is 0. The summed E-state index contributed by atoms with van der Waals surface area (Å²) in [4.78, 5) is 32.3. The quantitative estimate of drug-likeness (QED) is 0.580. The summed E-state index contributed by atoms with van der Waals surface area (Å²) >= 11 is 0. The molecule has 0 radical (unpaired) electrons. The molecule has 0 aromatic carbocycles. The first-order chi connectivity index (χ1) is 6.84. The number of hydrogen-bond donors (Lipinski definition) is 3. The van der Waals surface area contributed by atoms with Crippen molar-refractivity contribution >= 4 is 17.8 Å². The normalized spacial score (nSPS) is 33.4. The van der Waals surface area contributed by atoms with Crippen LogP contribution >= 0.6 is 0 Å². The molecule has 0 bridgehead atoms. The molecule has 1 aliphatic carbocycles. The van der Waals surface area contributed by atoms with E-state index in [1.54, 1.807) is 6.92 Å². The maximum atomic E-state index is 11.2. The average Bonchev–Trinajstić information content (AvgIpc) is 2.69. The number of aliphatic carboxylic acids is 2. The van der Waals surface area contributed by atoms with Crippen LogP contribution in [0.15, 0.2) is 0 Å². The number of primary amides is 1. The van der Waals surface area contributed by atoms with Crippen molar-refractivity contribution in [2.45, 2.75) is 19.8 Å². The summed E-state index contributed by atoms with van der Waals surface area (Å²) in [5.41, 5.74) is 3.98. The number of amides is 1. The topological polar surface area (TPSA) is 118 Å². The molecule has 3 unspecified atom stereocenters. The molecule has 0 heterocycles. The maximum absolute atomic E-state index is 11.2.